The Bertz CT molecular complexity index is 837. The number of amides is 3. The molecule has 3 rings (SSSR count). The molecule has 4 unspecified atom stereocenters. The predicted molar refractivity (Wildman–Crippen MR) is 139 cm³/mol. The minimum Gasteiger partial charge on any atom is -0.453 e. The quantitative estimate of drug-likeness (QED) is 0.385. The number of benzene rings is 1. The molecule has 0 aromatic heterocycles. The van der Waals surface area contributed by atoms with Crippen LogP contribution in [0.2, 0.25) is 0 Å². The van der Waals surface area contributed by atoms with Gasteiger partial charge in [0.1, 0.15) is 5.82 Å². The number of alkyl carbamates (subject to hydrolysis) is 1. The maximum atomic E-state index is 14.1. The summed E-state index contributed by atoms with van der Waals surface area (Å²) >= 11 is 0. The third-order valence-corrected chi connectivity index (χ3v) is 7.11. The number of methoxy groups -OCH3 is 1. The SMILES string of the molecule is CNCC(CC1CCCCOC1)NC(=O)N1CCCC(C(OCCNC(=O)OC)c2cccc(F)c2)C1. The Hall–Kier alpha value is -2.43. The van der Waals surface area contributed by atoms with E-state index in [0.29, 0.717) is 25.6 Å². The van der Waals surface area contributed by atoms with Crippen LogP contribution < -0.4 is 16.0 Å². The highest BCUT2D eigenvalue weighted by Crippen LogP contribution is 2.33. The number of ether oxygens (including phenoxy) is 3. The minimum absolute atomic E-state index is 0.00238. The van der Waals surface area contributed by atoms with Gasteiger partial charge in [-0.3, -0.25) is 0 Å². The van der Waals surface area contributed by atoms with Crippen molar-refractivity contribution in [3.63, 3.8) is 0 Å². The molecule has 0 bridgehead atoms. The Kier molecular flexibility index (Phi) is 12.4. The fraction of sp³-hybridized carbons (Fsp3) is 0.704. The van der Waals surface area contributed by atoms with Crippen molar-refractivity contribution in [1.82, 2.24) is 20.9 Å². The summed E-state index contributed by atoms with van der Waals surface area (Å²) in [5, 5.41) is 9.05. The summed E-state index contributed by atoms with van der Waals surface area (Å²) in [6.07, 6.45) is 5.03. The Balaban J connectivity index is 1.62. The van der Waals surface area contributed by atoms with Gasteiger partial charge in [0.25, 0.3) is 0 Å². The molecule has 10 heteroatoms. The molecular formula is C27H43FN4O5. The number of nitrogens with zero attached hydrogens (tertiary/aromatic N) is 1. The van der Waals surface area contributed by atoms with Gasteiger partial charge in [-0.2, -0.15) is 0 Å². The summed E-state index contributed by atoms with van der Waals surface area (Å²) < 4.78 is 30.6. The summed E-state index contributed by atoms with van der Waals surface area (Å²) in [7, 11) is 3.20. The average molecular weight is 523 g/mol. The third kappa shape index (κ3) is 9.75. The standard InChI is InChI=1S/C27H43FN4O5/c1-29-17-24(15-20-7-3-4-13-36-19-20)31-26(33)32-12-6-9-22(18-32)25(21-8-5-10-23(28)16-21)37-14-11-30-27(34)35-2/h5,8,10,16,20,22,24-25,29H,3-4,6-7,9,11-15,17-19H2,1-2H3,(H,30,34)(H,31,33). The summed E-state index contributed by atoms with van der Waals surface area (Å²) in [6.45, 7) is 3.96. The van der Waals surface area contributed by atoms with Gasteiger partial charge in [-0.15, -0.1) is 0 Å². The van der Waals surface area contributed by atoms with Gasteiger partial charge in [-0.05, 0) is 62.8 Å². The molecule has 0 saturated carbocycles. The number of likely N-dealkylation sites (tertiary alicyclic amines) is 1. The lowest BCUT2D eigenvalue weighted by Gasteiger charge is -2.38. The van der Waals surface area contributed by atoms with Crippen molar-refractivity contribution in [1.29, 1.82) is 0 Å². The predicted octanol–water partition coefficient (Wildman–Crippen LogP) is 3.46. The van der Waals surface area contributed by atoms with E-state index >= 15 is 0 Å². The normalized spacial score (nSPS) is 22.0. The third-order valence-electron chi connectivity index (χ3n) is 7.11. The number of urea groups is 1. The molecule has 208 valence electrons. The van der Waals surface area contributed by atoms with Crippen LogP contribution in [-0.4, -0.2) is 83.2 Å². The molecule has 37 heavy (non-hydrogen) atoms. The van der Waals surface area contributed by atoms with Crippen molar-refractivity contribution in [2.45, 2.75) is 50.7 Å². The van der Waals surface area contributed by atoms with E-state index in [1.807, 2.05) is 18.0 Å². The topological polar surface area (TPSA) is 101 Å². The number of carbonyl (C=O) groups is 2. The molecule has 3 N–H and O–H groups in total. The number of halogens is 1. The van der Waals surface area contributed by atoms with Gasteiger partial charge in [0, 0.05) is 51.4 Å². The number of likely N-dealkylation sites (N-methyl/N-ethyl adjacent to an activating group) is 1. The van der Waals surface area contributed by atoms with Gasteiger partial charge in [0.2, 0.25) is 0 Å². The molecule has 3 amide bonds. The van der Waals surface area contributed by atoms with Gasteiger partial charge in [-0.25, -0.2) is 14.0 Å². The van der Waals surface area contributed by atoms with Crippen molar-refractivity contribution in [3.8, 4) is 0 Å². The summed E-state index contributed by atoms with van der Waals surface area (Å²) in [6, 6.07) is 6.34. The molecular weight excluding hydrogens is 479 g/mol. The van der Waals surface area contributed by atoms with Crippen LogP contribution in [0.25, 0.3) is 0 Å². The lowest BCUT2D eigenvalue weighted by molar-refractivity contribution is -0.00882. The molecule has 9 nitrogen and oxygen atoms in total. The fourth-order valence-corrected chi connectivity index (χ4v) is 5.31. The first-order chi connectivity index (χ1) is 18.0. The number of carbonyl (C=O) groups excluding carboxylic acids is 2. The first-order valence-electron chi connectivity index (χ1n) is 13.5. The first-order valence-corrected chi connectivity index (χ1v) is 13.5. The maximum absolute atomic E-state index is 14.1. The van der Waals surface area contributed by atoms with Crippen molar-refractivity contribution >= 4 is 12.1 Å². The highest BCUT2D eigenvalue weighted by Gasteiger charge is 2.32. The fourth-order valence-electron chi connectivity index (χ4n) is 5.31. The van der Waals surface area contributed by atoms with Crippen molar-refractivity contribution in [2.75, 3.05) is 60.2 Å². The van der Waals surface area contributed by atoms with Gasteiger partial charge < -0.3 is 35.1 Å². The van der Waals surface area contributed by atoms with E-state index in [9.17, 15) is 14.0 Å². The first kappa shape index (κ1) is 29.1. The molecule has 0 aliphatic carbocycles. The monoisotopic (exact) mass is 522 g/mol. The second-order valence-corrected chi connectivity index (χ2v) is 9.99. The van der Waals surface area contributed by atoms with Crippen molar-refractivity contribution < 1.29 is 28.2 Å². The van der Waals surface area contributed by atoms with Gasteiger partial charge in [0.05, 0.1) is 19.8 Å². The lowest BCUT2D eigenvalue weighted by Crippen LogP contribution is -2.52. The molecule has 2 fully saturated rings. The van der Waals surface area contributed by atoms with Crippen LogP contribution in [0.1, 0.15) is 50.2 Å². The summed E-state index contributed by atoms with van der Waals surface area (Å²) in [5.74, 6) is 0.110. The Morgan fingerprint density at radius 2 is 2.11 bits per heavy atom. The number of hydrogen-bond donors (Lipinski definition) is 3. The molecule has 2 saturated heterocycles. The molecule has 2 aliphatic heterocycles. The van der Waals surface area contributed by atoms with Crippen LogP contribution in [0.4, 0.5) is 14.0 Å². The smallest absolute Gasteiger partial charge is 0.406 e. The Morgan fingerprint density at radius 3 is 2.89 bits per heavy atom. The largest absolute Gasteiger partial charge is 0.453 e. The molecule has 2 heterocycles. The maximum Gasteiger partial charge on any atom is 0.406 e. The molecule has 2 aliphatic rings. The van der Waals surface area contributed by atoms with E-state index in [1.54, 1.807) is 6.07 Å². The minimum atomic E-state index is -0.530. The van der Waals surface area contributed by atoms with Crippen LogP contribution in [0.15, 0.2) is 24.3 Å². The average Bonchev–Trinajstić information content (AvgIpc) is 3.17. The number of rotatable bonds is 11. The van der Waals surface area contributed by atoms with Gasteiger partial charge in [-0.1, -0.05) is 18.6 Å². The molecule has 1 aromatic carbocycles. The second-order valence-electron chi connectivity index (χ2n) is 9.99. The van der Waals surface area contributed by atoms with Crippen LogP contribution in [0.5, 0.6) is 0 Å². The van der Waals surface area contributed by atoms with E-state index < -0.39 is 12.2 Å². The highest BCUT2D eigenvalue weighted by atomic mass is 19.1. The molecule has 0 radical (unpaired) electrons. The number of hydrogen-bond acceptors (Lipinski definition) is 6. The molecule has 0 spiro atoms. The zero-order valence-electron chi connectivity index (χ0n) is 22.2. The summed E-state index contributed by atoms with van der Waals surface area (Å²) in [4.78, 5) is 26.5. The number of nitrogens with one attached hydrogen (secondary N) is 3. The van der Waals surface area contributed by atoms with Crippen LogP contribution in [0, 0.1) is 17.7 Å². The van der Waals surface area contributed by atoms with E-state index in [4.69, 9.17) is 9.47 Å². The van der Waals surface area contributed by atoms with E-state index in [1.165, 1.54) is 19.2 Å². The summed E-state index contributed by atoms with van der Waals surface area (Å²) in [5.41, 5.74) is 0.728. The van der Waals surface area contributed by atoms with E-state index in [-0.39, 0.29) is 37.0 Å². The van der Waals surface area contributed by atoms with E-state index in [0.717, 1.165) is 57.3 Å². The van der Waals surface area contributed by atoms with Crippen molar-refractivity contribution in [3.05, 3.63) is 35.6 Å². The lowest BCUT2D eigenvalue weighted by atomic mass is 9.88. The van der Waals surface area contributed by atoms with Gasteiger partial charge >= 0.3 is 12.1 Å². The molecule has 4 atom stereocenters. The highest BCUT2D eigenvalue weighted by molar-refractivity contribution is 5.74. The van der Waals surface area contributed by atoms with E-state index in [2.05, 4.69) is 20.7 Å². The zero-order chi connectivity index (χ0) is 26.5. The van der Waals surface area contributed by atoms with Crippen LogP contribution in [-0.2, 0) is 14.2 Å². The Morgan fingerprint density at radius 1 is 1.24 bits per heavy atom. The zero-order valence-corrected chi connectivity index (χ0v) is 22.2. The Labute approximate surface area is 219 Å². The van der Waals surface area contributed by atoms with Crippen molar-refractivity contribution in [2.24, 2.45) is 11.8 Å². The van der Waals surface area contributed by atoms with Gasteiger partial charge in [0.15, 0.2) is 0 Å². The van der Waals surface area contributed by atoms with Crippen LogP contribution in [0.3, 0.4) is 0 Å². The molecule has 1 aromatic rings. The van der Waals surface area contributed by atoms with Crippen LogP contribution >= 0.6 is 0 Å². The number of piperidine rings is 1. The second kappa shape index (κ2) is 15.7.